The Labute approximate surface area is 199 Å². The summed E-state index contributed by atoms with van der Waals surface area (Å²) >= 11 is 0. The molecule has 1 saturated carbocycles. The Balaban J connectivity index is 1.42. The first-order valence-corrected chi connectivity index (χ1v) is 11.9. The maximum Gasteiger partial charge on any atom is 0.257 e. The van der Waals surface area contributed by atoms with Crippen LogP contribution in [0.5, 0.6) is 11.5 Å². The Kier molecular flexibility index (Phi) is 6.19. The number of fused-ring (bicyclic) bond motifs is 1. The SMILES string of the molecule is CCN(CC)CCN(C)C(=O)c1cnn(-c2nccc(-c3ccc4c(c3)OCO4)n2)c1C1CC1. The molecule has 34 heavy (non-hydrogen) atoms. The second-order valence-corrected chi connectivity index (χ2v) is 8.69. The molecule has 2 aliphatic rings. The Hall–Kier alpha value is -3.46. The van der Waals surface area contributed by atoms with Crippen molar-refractivity contribution in [2.45, 2.75) is 32.6 Å². The number of aromatic nitrogens is 4. The van der Waals surface area contributed by atoms with Gasteiger partial charge in [0.05, 0.1) is 23.1 Å². The number of nitrogens with zero attached hydrogens (tertiary/aromatic N) is 6. The van der Waals surface area contributed by atoms with Crippen molar-refractivity contribution in [3.05, 3.63) is 47.9 Å². The quantitative estimate of drug-likeness (QED) is 0.482. The van der Waals surface area contributed by atoms with Crippen LogP contribution in [0, 0.1) is 0 Å². The lowest BCUT2D eigenvalue weighted by Gasteiger charge is -2.23. The van der Waals surface area contributed by atoms with Crippen molar-refractivity contribution in [3.63, 3.8) is 0 Å². The number of ether oxygens (including phenoxy) is 2. The van der Waals surface area contributed by atoms with E-state index in [4.69, 9.17) is 14.5 Å². The molecule has 0 unspecified atom stereocenters. The van der Waals surface area contributed by atoms with Crippen LogP contribution in [0.1, 0.15) is 48.7 Å². The summed E-state index contributed by atoms with van der Waals surface area (Å²) in [5.74, 6) is 2.19. The molecule has 0 radical (unpaired) electrons. The third kappa shape index (κ3) is 4.35. The Bertz CT molecular complexity index is 1190. The summed E-state index contributed by atoms with van der Waals surface area (Å²) in [5, 5.41) is 4.56. The zero-order valence-corrected chi connectivity index (χ0v) is 19.9. The summed E-state index contributed by atoms with van der Waals surface area (Å²) in [4.78, 5) is 26.7. The fourth-order valence-electron chi connectivity index (χ4n) is 4.24. The van der Waals surface area contributed by atoms with Crippen molar-refractivity contribution < 1.29 is 14.3 Å². The van der Waals surface area contributed by atoms with E-state index in [9.17, 15) is 4.79 Å². The maximum atomic E-state index is 13.3. The normalized spacial score (nSPS) is 14.6. The number of amides is 1. The fraction of sp³-hybridized carbons (Fsp3) is 0.440. The minimum absolute atomic E-state index is 0.00719. The average Bonchev–Trinajstić information content (AvgIpc) is 3.43. The molecule has 5 rings (SSSR count). The van der Waals surface area contributed by atoms with Gasteiger partial charge in [-0.1, -0.05) is 13.8 Å². The van der Waals surface area contributed by atoms with Crippen LogP contribution in [-0.2, 0) is 0 Å². The predicted octanol–water partition coefficient (Wildman–Crippen LogP) is 3.35. The molecule has 0 spiro atoms. The van der Waals surface area contributed by atoms with Gasteiger partial charge >= 0.3 is 0 Å². The number of rotatable bonds is 9. The van der Waals surface area contributed by atoms with Crippen LogP contribution < -0.4 is 9.47 Å². The van der Waals surface area contributed by atoms with Crippen molar-refractivity contribution in [3.8, 4) is 28.7 Å². The molecule has 1 fully saturated rings. The van der Waals surface area contributed by atoms with Gasteiger partial charge in [0.2, 0.25) is 6.79 Å². The van der Waals surface area contributed by atoms with Crippen LogP contribution in [0.25, 0.3) is 17.2 Å². The smallest absolute Gasteiger partial charge is 0.257 e. The third-order valence-electron chi connectivity index (χ3n) is 6.49. The van der Waals surface area contributed by atoms with Crippen molar-refractivity contribution in [1.29, 1.82) is 0 Å². The fourth-order valence-corrected chi connectivity index (χ4v) is 4.24. The molecule has 1 amide bonds. The van der Waals surface area contributed by atoms with E-state index >= 15 is 0 Å². The Morgan fingerprint density at radius 1 is 1.12 bits per heavy atom. The first-order chi connectivity index (χ1) is 16.6. The van der Waals surface area contributed by atoms with Crippen LogP contribution in [0.3, 0.4) is 0 Å². The lowest BCUT2D eigenvalue weighted by molar-refractivity contribution is 0.0778. The van der Waals surface area contributed by atoms with Gasteiger partial charge in [0.15, 0.2) is 11.5 Å². The maximum absolute atomic E-state index is 13.3. The van der Waals surface area contributed by atoms with Crippen molar-refractivity contribution in [2.75, 3.05) is 40.0 Å². The lowest BCUT2D eigenvalue weighted by atomic mass is 10.1. The first-order valence-electron chi connectivity index (χ1n) is 11.9. The summed E-state index contributed by atoms with van der Waals surface area (Å²) in [6, 6.07) is 7.60. The van der Waals surface area contributed by atoms with E-state index in [0.717, 1.165) is 55.2 Å². The van der Waals surface area contributed by atoms with Gasteiger partial charge in [0.1, 0.15) is 0 Å². The molecule has 1 aliphatic heterocycles. The van der Waals surface area contributed by atoms with E-state index in [2.05, 4.69) is 28.8 Å². The summed E-state index contributed by atoms with van der Waals surface area (Å²) in [6.07, 6.45) is 5.47. The summed E-state index contributed by atoms with van der Waals surface area (Å²) in [7, 11) is 1.86. The molecule has 3 heterocycles. The van der Waals surface area contributed by atoms with Gasteiger partial charge in [-0.05, 0) is 50.2 Å². The van der Waals surface area contributed by atoms with Gasteiger partial charge in [-0.3, -0.25) is 4.79 Å². The molecule has 1 aromatic carbocycles. The van der Waals surface area contributed by atoms with Gasteiger partial charge in [0.25, 0.3) is 11.9 Å². The molecule has 9 heteroatoms. The van der Waals surface area contributed by atoms with Gasteiger partial charge in [0, 0.05) is 37.8 Å². The van der Waals surface area contributed by atoms with Gasteiger partial charge < -0.3 is 19.3 Å². The minimum Gasteiger partial charge on any atom is -0.454 e. The largest absolute Gasteiger partial charge is 0.454 e. The Morgan fingerprint density at radius 3 is 2.68 bits per heavy atom. The summed E-state index contributed by atoms with van der Waals surface area (Å²) in [5.41, 5.74) is 3.20. The van der Waals surface area contributed by atoms with E-state index in [1.54, 1.807) is 22.0 Å². The highest BCUT2D eigenvalue weighted by Gasteiger charge is 2.34. The molecule has 0 saturated heterocycles. The number of benzene rings is 1. The first kappa shape index (κ1) is 22.3. The van der Waals surface area contributed by atoms with Crippen LogP contribution in [0.4, 0.5) is 0 Å². The standard InChI is InChI=1S/C25H30N6O3/c1-4-30(5-2)13-12-29(3)24(32)19-15-27-31(23(19)17-6-7-17)25-26-11-10-20(28-25)18-8-9-21-22(14-18)34-16-33-21/h8-11,14-15,17H,4-7,12-13,16H2,1-3H3. The predicted molar refractivity (Wildman–Crippen MR) is 127 cm³/mol. The highest BCUT2D eigenvalue weighted by atomic mass is 16.7. The molecular formula is C25H30N6O3. The average molecular weight is 463 g/mol. The number of carbonyl (C=O) groups excluding carboxylic acids is 1. The molecule has 2 aromatic heterocycles. The molecule has 0 atom stereocenters. The number of hydrogen-bond acceptors (Lipinski definition) is 7. The van der Waals surface area contributed by atoms with E-state index in [-0.39, 0.29) is 12.7 Å². The Morgan fingerprint density at radius 2 is 1.91 bits per heavy atom. The lowest BCUT2D eigenvalue weighted by Crippen LogP contribution is -2.36. The minimum atomic E-state index is -0.00719. The number of carbonyl (C=O) groups is 1. The van der Waals surface area contributed by atoms with E-state index in [1.807, 2.05) is 31.3 Å². The van der Waals surface area contributed by atoms with Crippen LogP contribution in [0.15, 0.2) is 36.7 Å². The molecule has 0 N–H and O–H groups in total. The van der Waals surface area contributed by atoms with Crippen molar-refractivity contribution in [1.82, 2.24) is 29.5 Å². The zero-order chi connectivity index (χ0) is 23.7. The van der Waals surface area contributed by atoms with Gasteiger partial charge in [-0.2, -0.15) is 5.10 Å². The monoisotopic (exact) mass is 462 g/mol. The molecule has 178 valence electrons. The second-order valence-electron chi connectivity index (χ2n) is 8.69. The van der Waals surface area contributed by atoms with Gasteiger partial charge in [-0.25, -0.2) is 14.6 Å². The van der Waals surface area contributed by atoms with Gasteiger partial charge in [-0.15, -0.1) is 0 Å². The van der Waals surface area contributed by atoms with E-state index < -0.39 is 0 Å². The molecule has 9 nitrogen and oxygen atoms in total. The number of hydrogen-bond donors (Lipinski definition) is 0. The van der Waals surface area contributed by atoms with Crippen molar-refractivity contribution >= 4 is 5.91 Å². The summed E-state index contributed by atoms with van der Waals surface area (Å²) < 4.78 is 12.7. The molecule has 0 bridgehead atoms. The second kappa shape index (κ2) is 9.42. The van der Waals surface area contributed by atoms with Crippen molar-refractivity contribution in [2.24, 2.45) is 0 Å². The van der Waals surface area contributed by atoms with Crippen LogP contribution in [0.2, 0.25) is 0 Å². The van der Waals surface area contributed by atoms with E-state index in [0.29, 0.717) is 29.7 Å². The highest BCUT2D eigenvalue weighted by Crippen LogP contribution is 2.42. The van der Waals surface area contributed by atoms with Crippen LogP contribution >= 0.6 is 0 Å². The third-order valence-corrected chi connectivity index (χ3v) is 6.49. The molecular weight excluding hydrogens is 432 g/mol. The molecule has 3 aromatic rings. The zero-order valence-electron chi connectivity index (χ0n) is 19.9. The topological polar surface area (TPSA) is 85.6 Å². The van der Waals surface area contributed by atoms with E-state index in [1.165, 1.54) is 0 Å². The highest BCUT2D eigenvalue weighted by molar-refractivity contribution is 5.95. The number of likely N-dealkylation sites (N-methyl/N-ethyl adjacent to an activating group) is 2. The summed E-state index contributed by atoms with van der Waals surface area (Å²) in [6.45, 7) is 7.97. The molecule has 1 aliphatic carbocycles. The van der Waals surface area contributed by atoms with Crippen LogP contribution in [-0.4, -0.2) is 75.5 Å².